The molecule has 0 spiro atoms. The SMILES string of the molecule is COc1ccccc1-n1c(=S)[nH]c(=O)c2c(C(F)(F)F)cc(C)nc21. The van der Waals surface area contributed by atoms with Crippen LogP contribution in [-0.4, -0.2) is 21.6 Å². The Labute approximate surface area is 144 Å². The summed E-state index contributed by atoms with van der Waals surface area (Å²) in [6.07, 6.45) is -4.71. The third kappa shape index (κ3) is 2.91. The molecule has 0 unspecified atom stereocenters. The Balaban J connectivity index is 2.56. The molecule has 3 aromatic rings. The maximum Gasteiger partial charge on any atom is 0.417 e. The number of alkyl halides is 3. The molecule has 1 aromatic carbocycles. The number of rotatable bonds is 2. The van der Waals surface area contributed by atoms with E-state index in [-0.39, 0.29) is 16.1 Å². The summed E-state index contributed by atoms with van der Waals surface area (Å²) in [5, 5.41) is -0.572. The summed E-state index contributed by atoms with van der Waals surface area (Å²) in [4.78, 5) is 18.6. The molecule has 0 aliphatic rings. The van der Waals surface area contributed by atoms with E-state index in [9.17, 15) is 18.0 Å². The Hall–Kier alpha value is -2.68. The van der Waals surface area contributed by atoms with Crippen molar-refractivity contribution in [2.75, 3.05) is 7.11 Å². The predicted octanol–water partition coefficient (Wildman–Crippen LogP) is 3.78. The van der Waals surface area contributed by atoms with Gasteiger partial charge >= 0.3 is 6.18 Å². The third-order valence-corrected chi connectivity index (χ3v) is 3.91. The number of halogens is 3. The summed E-state index contributed by atoms with van der Waals surface area (Å²) in [5.41, 5.74) is -1.68. The molecular formula is C16H12F3N3O2S. The van der Waals surface area contributed by atoms with Gasteiger partial charge in [0.25, 0.3) is 5.56 Å². The second kappa shape index (κ2) is 5.99. The number of pyridine rings is 1. The number of hydrogen-bond donors (Lipinski definition) is 1. The average molecular weight is 367 g/mol. The zero-order valence-electron chi connectivity index (χ0n) is 13.1. The molecule has 25 heavy (non-hydrogen) atoms. The van der Waals surface area contributed by atoms with Gasteiger partial charge in [0.05, 0.1) is 23.7 Å². The predicted molar refractivity (Wildman–Crippen MR) is 88.8 cm³/mol. The number of nitrogens with one attached hydrogen (secondary N) is 1. The molecule has 2 aromatic heterocycles. The van der Waals surface area contributed by atoms with Gasteiger partial charge in [-0.05, 0) is 37.3 Å². The van der Waals surface area contributed by atoms with Crippen molar-refractivity contribution in [3.05, 3.63) is 56.7 Å². The summed E-state index contributed by atoms with van der Waals surface area (Å²) in [6.45, 7) is 1.42. The van der Waals surface area contributed by atoms with E-state index < -0.39 is 22.7 Å². The minimum atomic E-state index is -4.71. The van der Waals surface area contributed by atoms with Crippen molar-refractivity contribution in [2.24, 2.45) is 0 Å². The van der Waals surface area contributed by atoms with Gasteiger partial charge in [-0.15, -0.1) is 0 Å². The molecule has 130 valence electrons. The van der Waals surface area contributed by atoms with Crippen LogP contribution < -0.4 is 10.3 Å². The second-order valence-corrected chi connectivity index (χ2v) is 5.66. The van der Waals surface area contributed by atoms with Crippen LogP contribution in [0.4, 0.5) is 13.2 Å². The molecule has 0 atom stereocenters. The number of nitrogens with zero attached hydrogens (tertiary/aromatic N) is 2. The molecule has 0 aliphatic heterocycles. The van der Waals surface area contributed by atoms with Crippen molar-refractivity contribution >= 4 is 23.3 Å². The third-order valence-electron chi connectivity index (χ3n) is 3.62. The number of aromatic nitrogens is 3. The van der Waals surface area contributed by atoms with Gasteiger partial charge in [-0.2, -0.15) is 13.2 Å². The van der Waals surface area contributed by atoms with Crippen LogP contribution in [0.5, 0.6) is 5.75 Å². The summed E-state index contributed by atoms with van der Waals surface area (Å²) in [6, 6.07) is 7.47. The zero-order valence-corrected chi connectivity index (χ0v) is 14.0. The lowest BCUT2D eigenvalue weighted by Gasteiger charge is -2.16. The normalized spacial score (nSPS) is 11.7. The fourth-order valence-electron chi connectivity index (χ4n) is 2.62. The molecule has 9 heteroatoms. The van der Waals surface area contributed by atoms with Crippen LogP contribution >= 0.6 is 12.2 Å². The summed E-state index contributed by atoms with van der Waals surface area (Å²) >= 11 is 5.17. The van der Waals surface area contributed by atoms with E-state index in [1.165, 1.54) is 18.6 Å². The van der Waals surface area contributed by atoms with Gasteiger partial charge in [0.1, 0.15) is 5.75 Å². The van der Waals surface area contributed by atoms with Crippen LogP contribution in [0.15, 0.2) is 35.1 Å². The van der Waals surface area contributed by atoms with Crippen molar-refractivity contribution in [3.8, 4) is 11.4 Å². The van der Waals surface area contributed by atoms with Crippen LogP contribution in [0.1, 0.15) is 11.3 Å². The molecule has 1 N–H and O–H groups in total. The smallest absolute Gasteiger partial charge is 0.417 e. The van der Waals surface area contributed by atoms with Gasteiger partial charge in [-0.25, -0.2) is 4.98 Å². The molecule has 0 amide bonds. The first-order valence-electron chi connectivity index (χ1n) is 7.11. The Bertz CT molecular complexity index is 1090. The number of hydrogen-bond acceptors (Lipinski definition) is 4. The molecule has 0 saturated carbocycles. The van der Waals surface area contributed by atoms with E-state index in [2.05, 4.69) is 9.97 Å². The highest BCUT2D eigenvalue weighted by Crippen LogP contribution is 2.34. The molecule has 3 rings (SSSR count). The Morgan fingerprint density at radius 3 is 2.60 bits per heavy atom. The quantitative estimate of drug-likeness (QED) is 0.701. The number of ether oxygens (including phenoxy) is 1. The summed E-state index contributed by atoms with van der Waals surface area (Å²) < 4.78 is 46.7. The number of fused-ring (bicyclic) bond motifs is 1. The van der Waals surface area contributed by atoms with Gasteiger partial charge in [0.2, 0.25) is 0 Å². The van der Waals surface area contributed by atoms with Crippen molar-refractivity contribution in [2.45, 2.75) is 13.1 Å². The van der Waals surface area contributed by atoms with Crippen molar-refractivity contribution < 1.29 is 17.9 Å². The van der Waals surface area contributed by atoms with E-state index in [0.29, 0.717) is 11.4 Å². The van der Waals surface area contributed by atoms with Crippen LogP contribution in [0, 0.1) is 11.7 Å². The zero-order chi connectivity index (χ0) is 18.4. The Kier molecular flexibility index (Phi) is 4.11. The standard InChI is InChI=1S/C16H12F3N3O2S/c1-8-7-9(16(17,18)19)12-13(20-8)22(15(25)21-14(12)23)10-5-3-4-6-11(10)24-2/h3-7H,1-2H3,(H,21,23,25). The first-order chi connectivity index (χ1) is 11.7. The monoisotopic (exact) mass is 367 g/mol. The first kappa shape index (κ1) is 17.2. The first-order valence-corrected chi connectivity index (χ1v) is 7.52. The van der Waals surface area contributed by atoms with Gasteiger partial charge in [-0.3, -0.25) is 14.3 Å². The number of aryl methyl sites for hydroxylation is 1. The van der Waals surface area contributed by atoms with E-state index in [1.807, 2.05) is 0 Å². The highest BCUT2D eigenvalue weighted by molar-refractivity contribution is 7.71. The molecule has 0 saturated heterocycles. The number of methoxy groups -OCH3 is 1. The molecule has 0 fully saturated rings. The molecule has 5 nitrogen and oxygen atoms in total. The van der Waals surface area contributed by atoms with E-state index in [4.69, 9.17) is 17.0 Å². The second-order valence-electron chi connectivity index (χ2n) is 5.27. The fraction of sp³-hybridized carbons (Fsp3) is 0.188. The van der Waals surface area contributed by atoms with Crippen molar-refractivity contribution in [1.82, 2.24) is 14.5 Å². The summed E-state index contributed by atoms with van der Waals surface area (Å²) in [7, 11) is 1.43. The highest BCUT2D eigenvalue weighted by atomic mass is 32.1. The molecule has 0 bridgehead atoms. The lowest BCUT2D eigenvalue weighted by atomic mass is 10.1. The summed E-state index contributed by atoms with van der Waals surface area (Å²) in [5.74, 6) is 0.379. The van der Waals surface area contributed by atoms with Gasteiger partial charge in [0, 0.05) is 5.69 Å². The molecule has 0 aliphatic carbocycles. The number of para-hydroxylation sites is 2. The average Bonchev–Trinajstić information content (AvgIpc) is 2.53. The lowest BCUT2D eigenvalue weighted by molar-refractivity contribution is -0.136. The van der Waals surface area contributed by atoms with E-state index in [0.717, 1.165) is 6.07 Å². The largest absolute Gasteiger partial charge is 0.495 e. The van der Waals surface area contributed by atoms with Crippen LogP contribution in [0.3, 0.4) is 0 Å². The molecular weight excluding hydrogens is 355 g/mol. The van der Waals surface area contributed by atoms with Gasteiger partial charge < -0.3 is 4.74 Å². The minimum Gasteiger partial charge on any atom is -0.495 e. The van der Waals surface area contributed by atoms with Crippen LogP contribution in [-0.2, 0) is 6.18 Å². The highest BCUT2D eigenvalue weighted by Gasteiger charge is 2.35. The maximum absolute atomic E-state index is 13.4. The van der Waals surface area contributed by atoms with Crippen LogP contribution in [0.2, 0.25) is 0 Å². The van der Waals surface area contributed by atoms with Gasteiger partial charge in [0.15, 0.2) is 10.4 Å². The van der Waals surface area contributed by atoms with E-state index in [1.54, 1.807) is 24.3 Å². The topological polar surface area (TPSA) is 59.9 Å². The van der Waals surface area contributed by atoms with Crippen molar-refractivity contribution in [3.63, 3.8) is 0 Å². The maximum atomic E-state index is 13.4. The van der Waals surface area contributed by atoms with E-state index >= 15 is 0 Å². The molecule has 0 radical (unpaired) electrons. The van der Waals surface area contributed by atoms with Crippen molar-refractivity contribution in [1.29, 1.82) is 0 Å². The lowest BCUT2D eigenvalue weighted by Crippen LogP contribution is -2.20. The number of H-pyrrole nitrogens is 1. The Morgan fingerprint density at radius 1 is 1.28 bits per heavy atom. The number of aromatic amines is 1. The minimum absolute atomic E-state index is 0.0757. The van der Waals surface area contributed by atoms with Gasteiger partial charge in [-0.1, -0.05) is 12.1 Å². The van der Waals surface area contributed by atoms with Crippen LogP contribution in [0.25, 0.3) is 16.7 Å². The fourth-order valence-corrected chi connectivity index (χ4v) is 2.89. The molecule has 2 heterocycles. The number of benzene rings is 1. The Morgan fingerprint density at radius 2 is 1.96 bits per heavy atom.